The summed E-state index contributed by atoms with van der Waals surface area (Å²) in [7, 11) is 0. The molecule has 5 heteroatoms. The zero-order chi connectivity index (χ0) is 11.5. The van der Waals surface area contributed by atoms with Crippen LogP contribution in [-0.4, -0.2) is 17.9 Å². The van der Waals surface area contributed by atoms with Crippen molar-refractivity contribution in [2.24, 2.45) is 0 Å². The second-order valence-corrected chi connectivity index (χ2v) is 3.12. The third-order valence-electron chi connectivity index (χ3n) is 1.76. The number of halogens is 3. The van der Waals surface area contributed by atoms with Crippen LogP contribution >= 0.6 is 0 Å². The summed E-state index contributed by atoms with van der Waals surface area (Å²) in [6, 6.07) is 6.10. The molecule has 0 saturated carbocycles. The molecular formula is C10H11F3O2. The molecule has 1 rings (SSSR count). The van der Waals surface area contributed by atoms with Crippen molar-refractivity contribution in [3.05, 3.63) is 29.8 Å². The van der Waals surface area contributed by atoms with Crippen LogP contribution in [0.3, 0.4) is 0 Å². The Kier molecular flexibility index (Phi) is 3.57. The van der Waals surface area contributed by atoms with Gasteiger partial charge in [0.05, 0.1) is 6.10 Å². The van der Waals surface area contributed by atoms with E-state index in [0.29, 0.717) is 5.56 Å². The Labute approximate surface area is 85.3 Å². The first-order valence-corrected chi connectivity index (χ1v) is 4.36. The van der Waals surface area contributed by atoms with Crippen molar-refractivity contribution in [1.29, 1.82) is 0 Å². The predicted octanol–water partition coefficient (Wildman–Crippen LogP) is 2.68. The van der Waals surface area contributed by atoms with Crippen molar-refractivity contribution in [2.45, 2.75) is 19.2 Å². The molecule has 84 valence electrons. The third kappa shape index (κ3) is 3.79. The van der Waals surface area contributed by atoms with Gasteiger partial charge in [0.1, 0.15) is 5.75 Å². The molecule has 0 unspecified atom stereocenters. The van der Waals surface area contributed by atoms with E-state index in [-0.39, 0.29) is 5.75 Å². The number of benzene rings is 1. The Balaban J connectivity index is 2.76. The van der Waals surface area contributed by atoms with E-state index in [4.69, 9.17) is 0 Å². The van der Waals surface area contributed by atoms with E-state index in [1.807, 2.05) is 0 Å². The van der Waals surface area contributed by atoms with E-state index in [2.05, 4.69) is 4.74 Å². The standard InChI is InChI=1S/C10H11F3O2/c1-7(14)8-4-2-3-5-9(8)15-6-10(11,12)13/h2-5,7,14H,6H2,1H3/t7-/m1/s1. The highest BCUT2D eigenvalue weighted by molar-refractivity contribution is 5.34. The van der Waals surface area contributed by atoms with Gasteiger partial charge in [0, 0.05) is 5.56 Å². The van der Waals surface area contributed by atoms with Gasteiger partial charge in [-0.1, -0.05) is 18.2 Å². The number of alkyl halides is 3. The Morgan fingerprint density at radius 3 is 2.47 bits per heavy atom. The van der Waals surface area contributed by atoms with Crippen molar-refractivity contribution in [2.75, 3.05) is 6.61 Å². The van der Waals surface area contributed by atoms with E-state index in [0.717, 1.165) is 0 Å². The highest BCUT2D eigenvalue weighted by Gasteiger charge is 2.28. The predicted molar refractivity (Wildman–Crippen MR) is 48.6 cm³/mol. The summed E-state index contributed by atoms with van der Waals surface area (Å²) in [5, 5.41) is 9.27. The molecule has 0 aromatic heterocycles. The SMILES string of the molecule is C[C@@H](O)c1ccccc1OCC(F)(F)F. The molecule has 0 aliphatic rings. The molecule has 1 aromatic carbocycles. The van der Waals surface area contributed by atoms with Gasteiger partial charge >= 0.3 is 6.18 Å². The van der Waals surface area contributed by atoms with Crippen molar-refractivity contribution in [3.8, 4) is 5.75 Å². The van der Waals surface area contributed by atoms with Crippen LogP contribution in [0.2, 0.25) is 0 Å². The zero-order valence-electron chi connectivity index (χ0n) is 8.08. The molecule has 0 radical (unpaired) electrons. The van der Waals surface area contributed by atoms with Crippen LogP contribution in [0.15, 0.2) is 24.3 Å². The fourth-order valence-electron chi connectivity index (χ4n) is 1.12. The first kappa shape index (κ1) is 11.8. The van der Waals surface area contributed by atoms with Crippen LogP contribution in [-0.2, 0) is 0 Å². The normalized spacial score (nSPS) is 13.7. The van der Waals surface area contributed by atoms with Crippen molar-refractivity contribution < 1.29 is 23.0 Å². The molecule has 0 aliphatic carbocycles. The minimum Gasteiger partial charge on any atom is -0.484 e. The zero-order valence-corrected chi connectivity index (χ0v) is 8.08. The Morgan fingerprint density at radius 2 is 1.93 bits per heavy atom. The fraction of sp³-hybridized carbons (Fsp3) is 0.400. The molecule has 0 heterocycles. The van der Waals surface area contributed by atoms with Crippen LogP contribution in [0, 0.1) is 0 Å². The van der Waals surface area contributed by atoms with E-state index < -0.39 is 18.9 Å². The molecular weight excluding hydrogens is 209 g/mol. The maximum absolute atomic E-state index is 11.9. The topological polar surface area (TPSA) is 29.5 Å². The maximum Gasteiger partial charge on any atom is 0.422 e. The molecule has 1 aromatic rings. The fourth-order valence-corrected chi connectivity index (χ4v) is 1.12. The molecule has 0 bridgehead atoms. The molecule has 0 saturated heterocycles. The monoisotopic (exact) mass is 220 g/mol. The average Bonchev–Trinajstić information content (AvgIpc) is 2.14. The van der Waals surface area contributed by atoms with Crippen LogP contribution in [0.4, 0.5) is 13.2 Å². The lowest BCUT2D eigenvalue weighted by atomic mass is 10.1. The van der Waals surface area contributed by atoms with Gasteiger partial charge in [0.15, 0.2) is 6.61 Å². The first-order chi connectivity index (χ1) is 6.90. The number of hydrogen-bond donors (Lipinski definition) is 1. The summed E-state index contributed by atoms with van der Waals surface area (Å²) in [5.41, 5.74) is 0.349. The van der Waals surface area contributed by atoms with Crippen LogP contribution in [0.1, 0.15) is 18.6 Å². The quantitative estimate of drug-likeness (QED) is 0.848. The van der Waals surface area contributed by atoms with Crippen LogP contribution in [0.5, 0.6) is 5.75 Å². The summed E-state index contributed by atoms with van der Waals surface area (Å²) in [6.45, 7) is 0.118. The number of aliphatic hydroxyl groups excluding tert-OH is 1. The second kappa shape index (κ2) is 4.53. The van der Waals surface area contributed by atoms with E-state index in [1.54, 1.807) is 12.1 Å². The Hall–Kier alpha value is -1.23. The maximum atomic E-state index is 11.9. The summed E-state index contributed by atoms with van der Waals surface area (Å²) in [4.78, 5) is 0. The number of ether oxygens (including phenoxy) is 1. The summed E-state index contributed by atoms with van der Waals surface area (Å²) >= 11 is 0. The minimum atomic E-state index is -4.37. The number of aliphatic hydroxyl groups is 1. The second-order valence-electron chi connectivity index (χ2n) is 3.12. The van der Waals surface area contributed by atoms with E-state index in [9.17, 15) is 18.3 Å². The van der Waals surface area contributed by atoms with Crippen molar-refractivity contribution in [3.63, 3.8) is 0 Å². The molecule has 1 N–H and O–H groups in total. The van der Waals surface area contributed by atoms with Gasteiger partial charge in [-0.3, -0.25) is 0 Å². The Morgan fingerprint density at radius 1 is 1.33 bits per heavy atom. The Bertz CT molecular complexity index is 321. The summed E-state index contributed by atoms with van der Waals surface area (Å²) < 4.78 is 40.2. The molecule has 0 fully saturated rings. The highest BCUT2D eigenvalue weighted by atomic mass is 19.4. The average molecular weight is 220 g/mol. The smallest absolute Gasteiger partial charge is 0.422 e. The molecule has 1 atom stereocenters. The van der Waals surface area contributed by atoms with Gasteiger partial charge < -0.3 is 9.84 Å². The van der Waals surface area contributed by atoms with E-state index in [1.165, 1.54) is 19.1 Å². The summed E-state index contributed by atoms with van der Waals surface area (Å²) in [5.74, 6) is 0.0600. The lowest BCUT2D eigenvalue weighted by Gasteiger charge is -2.14. The largest absolute Gasteiger partial charge is 0.484 e. The lowest BCUT2D eigenvalue weighted by molar-refractivity contribution is -0.153. The van der Waals surface area contributed by atoms with Crippen LogP contribution in [0.25, 0.3) is 0 Å². The van der Waals surface area contributed by atoms with Crippen molar-refractivity contribution in [1.82, 2.24) is 0 Å². The van der Waals surface area contributed by atoms with Gasteiger partial charge in [0.25, 0.3) is 0 Å². The van der Waals surface area contributed by atoms with Gasteiger partial charge in [-0.25, -0.2) is 0 Å². The van der Waals surface area contributed by atoms with Gasteiger partial charge in [-0.05, 0) is 13.0 Å². The molecule has 0 amide bonds. The lowest BCUT2D eigenvalue weighted by Crippen LogP contribution is -2.19. The van der Waals surface area contributed by atoms with Crippen molar-refractivity contribution >= 4 is 0 Å². The van der Waals surface area contributed by atoms with Gasteiger partial charge in [-0.2, -0.15) is 13.2 Å². The number of para-hydroxylation sites is 1. The third-order valence-corrected chi connectivity index (χ3v) is 1.76. The van der Waals surface area contributed by atoms with Gasteiger partial charge in [0.2, 0.25) is 0 Å². The minimum absolute atomic E-state index is 0.0600. The summed E-state index contributed by atoms with van der Waals surface area (Å²) in [6.07, 6.45) is -5.22. The first-order valence-electron chi connectivity index (χ1n) is 4.36. The molecule has 0 aliphatic heterocycles. The highest BCUT2D eigenvalue weighted by Crippen LogP contribution is 2.26. The number of rotatable bonds is 3. The molecule has 0 spiro atoms. The molecule has 2 nitrogen and oxygen atoms in total. The molecule has 15 heavy (non-hydrogen) atoms. The van der Waals surface area contributed by atoms with Crippen LogP contribution < -0.4 is 4.74 Å². The van der Waals surface area contributed by atoms with E-state index >= 15 is 0 Å². The van der Waals surface area contributed by atoms with Gasteiger partial charge in [-0.15, -0.1) is 0 Å². The number of hydrogen-bond acceptors (Lipinski definition) is 2.